The Kier molecular flexibility index (Phi) is 5.97. The maximum absolute atomic E-state index is 10.5. The molecule has 0 aromatic rings. The van der Waals surface area contributed by atoms with Crippen molar-refractivity contribution in [2.45, 2.75) is 25.9 Å². The minimum atomic E-state index is -3.38. The zero-order valence-electron chi connectivity index (χ0n) is 8.75. The normalized spacial score (nSPS) is 13.1. The second kappa shape index (κ2) is 5.90. The highest BCUT2D eigenvalue weighted by Gasteiger charge is 2.16. The Labute approximate surface area is 90.0 Å². The Morgan fingerprint density at radius 1 is 1.36 bits per heavy atom. The zero-order chi connectivity index (χ0) is 11.2. The summed E-state index contributed by atoms with van der Waals surface area (Å²) in [4.78, 5) is 0. The lowest BCUT2D eigenvalue weighted by molar-refractivity contribution is -0.0503. The van der Waals surface area contributed by atoms with Gasteiger partial charge >= 0.3 is 0 Å². The summed E-state index contributed by atoms with van der Waals surface area (Å²) >= 11 is 0. The topological polar surface area (TPSA) is 52.6 Å². The predicted molar refractivity (Wildman–Crippen MR) is 56.2 cm³/mol. The SMILES string of the molecule is COC(C)(C)COCCCS(=O)(=O)Cl. The zero-order valence-corrected chi connectivity index (χ0v) is 10.3. The summed E-state index contributed by atoms with van der Waals surface area (Å²) in [5, 5.41) is 0. The molecule has 0 heterocycles. The van der Waals surface area contributed by atoms with E-state index in [2.05, 4.69) is 0 Å². The van der Waals surface area contributed by atoms with Gasteiger partial charge in [-0.3, -0.25) is 0 Å². The van der Waals surface area contributed by atoms with Gasteiger partial charge in [0.1, 0.15) is 0 Å². The minimum absolute atomic E-state index is 0.0536. The molecule has 0 atom stereocenters. The summed E-state index contributed by atoms with van der Waals surface area (Å²) < 4.78 is 31.4. The van der Waals surface area contributed by atoms with Crippen molar-refractivity contribution < 1.29 is 17.9 Å². The van der Waals surface area contributed by atoms with Crippen LogP contribution in [0.5, 0.6) is 0 Å². The van der Waals surface area contributed by atoms with Gasteiger partial charge in [0.2, 0.25) is 9.05 Å². The largest absolute Gasteiger partial charge is 0.378 e. The van der Waals surface area contributed by atoms with Gasteiger partial charge in [-0.25, -0.2) is 8.42 Å². The van der Waals surface area contributed by atoms with Crippen molar-refractivity contribution in [3.05, 3.63) is 0 Å². The lowest BCUT2D eigenvalue weighted by Gasteiger charge is -2.22. The Hall–Kier alpha value is 0.160. The molecule has 0 aromatic carbocycles. The standard InChI is InChI=1S/C8H17ClO4S/c1-8(2,12-3)7-13-5-4-6-14(9,10)11/h4-7H2,1-3H3. The van der Waals surface area contributed by atoms with Gasteiger partial charge in [0.15, 0.2) is 0 Å². The molecule has 0 rings (SSSR count). The van der Waals surface area contributed by atoms with Gasteiger partial charge in [0, 0.05) is 24.4 Å². The highest BCUT2D eigenvalue weighted by atomic mass is 35.7. The van der Waals surface area contributed by atoms with Crippen LogP contribution in [-0.2, 0) is 18.5 Å². The van der Waals surface area contributed by atoms with Crippen LogP contribution in [0.15, 0.2) is 0 Å². The molecular formula is C8H17ClO4S. The number of hydrogen-bond donors (Lipinski definition) is 0. The van der Waals surface area contributed by atoms with Crippen molar-refractivity contribution in [2.75, 3.05) is 26.1 Å². The first-order valence-corrected chi connectivity index (χ1v) is 6.80. The summed E-state index contributed by atoms with van der Waals surface area (Å²) in [6.07, 6.45) is 0.408. The molecule has 0 saturated carbocycles. The van der Waals surface area contributed by atoms with Gasteiger partial charge in [-0.05, 0) is 20.3 Å². The van der Waals surface area contributed by atoms with Gasteiger partial charge in [-0.15, -0.1) is 0 Å². The first-order valence-electron chi connectivity index (χ1n) is 4.32. The lowest BCUT2D eigenvalue weighted by Crippen LogP contribution is -2.29. The van der Waals surface area contributed by atoms with E-state index in [0.717, 1.165) is 0 Å². The molecule has 0 N–H and O–H groups in total. The molecule has 0 aromatic heterocycles. The molecule has 0 radical (unpaired) electrons. The molecule has 6 heteroatoms. The van der Waals surface area contributed by atoms with E-state index in [1.165, 1.54) is 0 Å². The molecular weight excluding hydrogens is 228 g/mol. The molecule has 0 bridgehead atoms. The average Bonchev–Trinajstić information content (AvgIpc) is 2.01. The van der Waals surface area contributed by atoms with Gasteiger partial charge in [0.05, 0.1) is 18.0 Å². The average molecular weight is 245 g/mol. The molecule has 86 valence electrons. The first-order chi connectivity index (χ1) is 6.27. The summed E-state index contributed by atoms with van der Waals surface area (Å²) in [6.45, 7) is 4.60. The van der Waals surface area contributed by atoms with E-state index in [1.807, 2.05) is 13.8 Å². The van der Waals surface area contributed by atoms with E-state index < -0.39 is 9.05 Å². The molecule has 0 saturated heterocycles. The number of halogens is 1. The summed E-state index contributed by atoms with van der Waals surface area (Å²) in [6, 6.07) is 0. The smallest absolute Gasteiger partial charge is 0.232 e. The van der Waals surface area contributed by atoms with Gasteiger partial charge in [-0.2, -0.15) is 0 Å². The van der Waals surface area contributed by atoms with Crippen molar-refractivity contribution in [1.82, 2.24) is 0 Å². The van der Waals surface area contributed by atoms with E-state index in [4.69, 9.17) is 20.2 Å². The summed E-state index contributed by atoms with van der Waals surface area (Å²) in [5.74, 6) is -0.0536. The Morgan fingerprint density at radius 2 is 1.93 bits per heavy atom. The van der Waals surface area contributed by atoms with Gasteiger partial charge < -0.3 is 9.47 Å². The fourth-order valence-corrected chi connectivity index (χ4v) is 1.50. The monoisotopic (exact) mass is 244 g/mol. The highest BCUT2D eigenvalue weighted by Crippen LogP contribution is 2.07. The van der Waals surface area contributed by atoms with Crippen LogP contribution in [0.4, 0.5) is 0 Å². The minimum Gasteiger partial charge on any atom is -0.378 e. The number of methoxy groups -OCH3 is 1. The van der Waals surface area contributed by atoms with Crippen LogP contribution in [0.2, 0.25) is 0 Å². The lowest BCUT2D eigenvalue weighted by atomic mass is 10.1. The molecule has 0 aliphatic heterocycles. The summed E-state index contributed by atoms with van der Waals surface area (Å²) in [7, 11) is 3.24. The van der Waals surface area contributed by atoms with E-state index in [9.17, 15) is 8.42 Å². The molecule has 0 spiro atoms. The fourth-order valence-electron chi connectivity index (χ4n) is 0.710. The van der Waals surface area contributed by atoms with Crippen molar-refractivity contribution in [2.24, 2.45) is 0 Å². The molecule has 0 fully saturated rings. The molecule has 4 nitrogen and oxygen atoms in total. The van der Waals surface area contributed by atoms with E-state index in [-0.39, 0.29) is 11.4 Å². The Balaban J connectivity index is 3.49. The van der Waals surface area contributed by atoms with E-state index in [1.54, 1.807) is 7.11 Å². The first kappa shape index (κ1) is 14.2. The van der Waals surface area contributed by atoms with E-state index >= 15 is 0 Å². The fraction of sp³-hybridized carbons (Fsp3) is 1.00. The van der Waals surface area contributed by atoms with Crippen LogP contribution in [-0.4, -0.2) is 40.1 Å². The van der Waals surface area contributed by atoms with Gasteiger partial charge in [0.25, 0.3) is 0 Å². The van der Waals surface area contributed by atoms with Crippen molar-refractivity contribution in [3.63, 3.8) is 0 Å². The molecule has 0 unspecified atom stereocenters. The van der Waals surface area contributed by atoms with Crippen LogP contribution >= 0.6 is 10.7 Å². The second-order valence-electron chi connectivity index (χ2n) is 3.61. The number of ether oxygens (including phenoxy) is 2. The predicted octanol–water partition coefficient (Wildman–Crippen LogP) is 1.39. The maximum atomic E-state index is 10.5. The van der Waals surface area contributed by atoms with Crippen LogP contribution in [0.25, 0.3) is 0 Å². The second-order valence-corrected chi connectivity index (χ2v) is 6.51. The Morgan fingerprint density at radius 3 is 2.36 bits per heavy atom. The number of hydrogen-bond acceptors (Lipinski definition) is 4. The van der Waals surface area contributed by atoms with Crippen LogP contribution in [0.1, 0.15) is 20.3 Å². The molecule has 0 aliphatic carbocycles. The summed E-state index contributed by atoms with van der Waals surface area (Å²) in [5.41, 5.74) is -0.333. The molecule has 14 heavy (non-hydrogen) atoms. The number of rotatable bonds is 7. The van der Waals surface area contributed by atoms with E-state index in [0.29, 0.717) is 19.6 Å². The van der Waals surface area contributed by atoms with Crippen LogP contribution in [0.3, 0.4) is 0 Å². The van der Waals surface area contributed by atoms with Gasteiger partial charge in [-0.1, -0.05) is 0 Å². The van der Waals surface area contributed by atoms with Crippen molar-refractivity contribution >= 4 is 19.7 Å². The Bertz CT molecular complexity index is 248. The maximum Gasteiger partial charge on any atom is 0.232 e. The van der Waals surface area contributed by atoms with Crippen molar-refractivity contribution in [1.29, 1.82) is 0 Å². The third-order valence-corrected chi connectivity index (χ3v) is 2.92. The van der Waals surface area contributed by atoms with Crippen LogP contribution < -0.4 is 0 Å². The molecule has 0 amide bonds. The van der Waals surface area contributed by atoms with Crippen LogP contribution in [0, 0.1) is 0 Å². The molecule has 0 aliphatic rings. The quantitative estimate of drug-likeness (QED) is 0.502. The van der Waals surface area contributed by atoms with Crippen molar-refractivity contribution in [3.8, 4) is 0 Å². The third kappa shape index (κ3) is 8.74. The highest BCUT2D eigenvalue weighted by molar-refractivity contribution is 8.13. The third-order valence-electron chi connectivity index (χ3n) is 1.68.